The average Bonchev–Trinajstić information content (AvgIpc) is 2.99. The second-order valence-electron chi connectivity index (χ2n) is 5.80. The first-order valence-electron chi connectivity index (χ1n) is 6.89. The van der Waals surface area contributed by atoms with Crippen LogP contribution >= 0.6 is 0 Å². The number of hydrogen-bond acceptors (Lipinski definition) is 2. The molecule has 1 aliphatic carbocycles. The van der Waals surface area contributed by atoms with E-state index in [1.165, 1.54) is 24.1 Å². The number of nitrogens with zero attached hydrogens (tertiary/aromatic N) is 1. The molecule has 1 saturated heterocycles. The van der Waals surface area contributed by atoms with E-state index in [0.717, 1.165) is 6.07 Å². The molecule has 0 unspecified atom stereocenters. The highest BCUT2D eigenvalue weighted by Crippen LogP contribution is 2.65. The van der Waals surface area contributed by atoms with E-state index in [0.29, 0.717) is 25.9 Å². The molecular weight excluding hydrogens is 283 g/mol. The molecule has 1 amide bonds. The molecule has 0 atom stereocenters. The van der Waals surface area contributed by atoms with E-state index in [2.05, 4.69) is 0 Å². The van der Waals surface area contributed by atoms with Gasteiger partial charge in [0, 0.05) is 30.5 Å². The summed E-state index contributed by atoms with van der Waals surface area (Å²) in [5.41, 5.74) is -0.679. The van der Waals surface area contributed by atoms with Gasteiger partial charge in [0.1, 0.15) is 0 Å². The van der Waals surface area contributed by atoms with E-state index in [1.54, 1.807) is 0 Å². The van der Waals surface area contributed by atoms with Gasteiger partial charge in [0.2, 0.25) is 0 Å². The molecule has 1 aromatic carbocycles. The predicted molar refractivity (Wildman–Crippen MR) is 70.1 cm³/mol. The highest BCUT2D eigenvalue weighted by Gasteiger charge is 2.70. The van der Waals surface area contributed by atoms with Crippen LogP contribution in [0.5, 0.6) is 5.75 Å². The molecule has 0 radical (unpaired) electrons. The molecule has 1 aliphatic heterocycles. The third-order valence-electron chi connectivity index (χ3n) is 4.62. The van der Waals surface area contributed by atoms with Gasteiger partial charge < -0.3 is 9.64 Å². The van der Waals surface area contributed by atoms with Crippen LogP contribution in [0.3, 0.4) is 0 Å². The van der Waals surface area contributed by atoms with Gasteiger partial charge in [-0.25, -0.2) is 13.2 Å². The lowest BCUT2D eigenvalue weighted by Gasteiger charge is -2.32. The summed E-state index contributed by atoms with van der Waals surface area (Å²) in [6, 6.07) is 4.00. The molecule has 1 saturated carbocycles. The monoisotopic (exact) mass is 299 g/mol. The fourth-order valence-corrected chi connectivity index (χ4v) is 3.04. The predicted octanol–water partition coefficient (Wildman–Crippen LogP) is 3.10. The van der Waals surface area contributed by atoms with E-state index in [9.17, 15) is 18.0 Å². The Hall–Kier alpha value is -1.72. The average molecular weight is 299 g/mol. The SMILES string of the molecule is COc1ccc(C(=O)N2CCC3(CC2)CC3(F)F)cc1F. The van der Waals surface area contributed by atoms with Crippen molar-refractivity contribution in [2.45, 2.75) is 25.2 Å². The normalized spacial score (nSPS) is 22.2. The fourth-order valence-electron chi connectivity index (χ4n) is 3.04. The second-order valence-corrected chi connectivity index (χ2v) is 5.80. The molecule has 6 heteroatoms. The van der Waals surface area contributed by atoms with E-state index < -0.39 is 17.2 Å². The summed E-state index contributed by atoms with van der Waals surface area (Å²) in [7, 11) is 1.35. The molecule has 0 bridgehead atoms. The van der Waals surface area contributed by atoms with Gasteiger partial charge in [-0.2, -0.15) is 0 Å². The number of alkyl halides is 2. The maximum Gasteiger partial charge on any atom is 0.254 e. The standard InChI is InChI=1S/C15H16F3NO2/c1-21-12-3-2-10(8-11(12)16)13(20)19-6-4-14(5-7-19)9-15(14,17)18/h2-3,8H,4-7,9H2,1H3. The number of hydrogen-bond donors (Lipinski definition) is 0. The van der Waals surface area contributed by atoms with E-state index in [-0.39, 0.29) is 23.6 Å². The molecule has 1 spiro atoms. The first kappa shape index (κ1) is 14.2. The first-order valence-corrected chi connectivity index (χ1v) is 6.89. The number of amides is 1. The number of methoxy groups -OCH3 is 1. The molecule has 1 heterocycles. The number of halogens is 3. The topological polar surface area (TPSA) is 29.5 Å². The molecule has 0 N–H and O–H groups in total. The molecule has 0 aromatic heterocycles. The highest BCUT2D eigenvalue weighted by atomic mass is 19.3. The summed E-state index contributed by atoms with van der Waals surface area (Å²) in [5, 5.41) is 0. The number of likely N-dealkylation sites (tertiary alicyclic amines) is 1. The van der Waals surface area contributed by atoms with Crippen LogP contribution in [0.15, 0.2) is 18.2 Å². The number of benzene rings is 1. The van der Waals surface area contributed by atoms with Gasteiger partial charge in [0.25, 0.3) is 11.8 Å². The fraction of sp³-hybridized carbons (Fsp3) is 0.533. The highest BCUT2D eigenvalue weighted by molar-refractivity contribution is 5.94. The molecule has 1 aromatic rings. The van der Waals surface area contributed by atoms with Crippen molar-refractivity contribution in [3.63, 3.8) is 0 Å². The van der Waals surface area contributed by atoms with E-state index in [4.69, 9.17) is 4.74 Å². The Bertz CT molecular complexity index is 580. The number of carbonyl (C=O) groups excluding carboxylic acids is 1. The third-order valence-corrected chi connectivity index (χ3v) is 4.62. The first-order chi connectivity index (χ1) is 9.88. The Morgan fingerprint density at radius 3 is 2.38 bits per heavy atom. The minimum absolute atomic E-state index is 0.0702. The summed E-state index contributed by atoms with van der Waals surface area (Å²) >= 11 is 0. The van der Waals surface area contributed by atoms with Gasteiger partial charge in [0.15, 0.2) is 11.6 Å². The molecule has 21 heavy (non-hydrogen) atoms. The Morgan fingerprint density at radius 2 is 1.90 bits per heavy atom. The van der Waals surface area contributed by atoms with Gasteiger partial charge in [-0.1, -0.05) is 0 Å². The van der Waals surface area contributed by atoms with Crippen LogP contribution < -0.4 is 4.74 Å². The lowest BCUT2D eigenvalue weighted by molar-refractivity contribution is 0.0284. The molecular formula is C15H16F3NO2. The molecule has 114 valence electrons. The van der Waals surface area contributed by atoms with Gasteiger partial charge in [-0.15, -0.1) is 0 Å². The summed E-state index contributed by atoms with van der Waals surface area (Å²) in [5.74, 6) is -3.43. The van der Waals surface area contributed by atoms with Crippen LogP contribution in [-0.2, 0) is 0 Å². The second kappa shape index (κ2) is 4.64. The molecule has 2 fully saturated rings. The molecule has 2 aliphatic rings. The largest absolute Gasteiger partial charge is 0.494 e. The van der Waals surface area contributed by atoms with Crippen LogP contribution in [0.1, 0.15) is 29.6 Å². The maximum atomic E-state index is 13.6. The Balaban J connectivity index is 1.68. The van der Waals surface area contributed by atoms with Crippen molar-refractivity contribution in [1.29, 1.82) is 0 Å². The van der Waals surface area contributed by atoms with Crippen LogP contribution in [0.25, 0.3) is 0 Å². The minimum atomic E-state index is -2.58. The Morgan fingerprint density at radius 1 is 1.29 bits per heavy atom. The zero-order valence-electron chi connectivity index (χ0n) is 11.7. The number of rotatable bonds is 2. The van der Waals surface area contributed by atoms with Crippen molar-refractivity contribution in [3.05, 3.63) is 29.6 Å². The summed E-state index contributed by atoms with van der Waals surface area (Å²) in [4.78, 5) is 13.8. The van der Waals surface area contributed by atoms with Crippen molar-refractivity contribution in [2.75, 3.05) is 20.2 Å². The zero-order chi connectivity index (χ0) is 15.3. The van der Waals surface area contributed by atoms with Gasteiger partial charge in [0.05, 0.1) is 7.11 Å². The van der Waals surface area contributed by atoms with Crippen molar-refractivity contribution in [1.82, 2.24) is 4.90 Å². The number of ether oxygens (including phenoxy) is 1. The van der Waals surface area contributed by atoms with Crippen LogP contribution in [-0.4, -0.2) is 36.9 Å². The van der Waals surface area contributed by atoms with Crippen LogP contribution in [0.4, 0.5) is 13.2 Å². The quantitative estimate of drug-likeness (QED) is 0.840. The van der Waals surface area contributed by atoms with E-state index >= 15 is 0 Å². The van der Waals surface area contributed by atoms with E-state index in [1.807, 2.05) is 0 Å². The van der Waals surface area contributed by atoms with Crippen molar-refractivity contribution in [2.24, 2.45) is 5.41 Å². The zero-order valence-corrected chi connectivity index (χ0v) is 11.7. The van der Waals surface area contributed by atoms with Crippen molar-refractivity contribution >= 4 is 5.91 Å². The number of carbonyl (C=O) groups is 1. The van der Waals surface area contributed by atoms with Gasteiger partial charge in [-0.05, 0) is 31.0 Å². The van der Waals surface area contributed by atoms with Crippen LogP contribution in [0, 0.1) is 11.2 Å². The summed E-state index contributed by atoms with van der Waals surface area (Å²) in [6.07, 6.45) is 0.550. The smallest absolute Gasteiger partial charge is 0.254 e. The molecule has 3 rings (SSSR count). The third kappa shape index (κ3) is 2.26. The minimum Gasteiger partial charge on any atom is -0.494 e. The van der Waals surface area contributed by atoms with Crippen LogP contribution in [0.2, 0.25) is 0 Å². The summed E-state index contributed by atoms with van der Waals surface area (Å²) in [6.45, 7) is 0.587. The van der Waals surface area contributed by atoms with Crippen molar-refractivity contribution in [3.8, 4) is 5.75 Å². The maximum absolute atomic E-state index is 13.6. The van der Waals surface area contributed by atoms with Gasteiger partial charge >= 0.3 is 0 Å². The Labute approximate surface area is 120 Å². The molecule has 3 nitrogen and oxygen atoms in total. The Kier molecular flexibility index (Phi) is 3.15. The van der Waals surface area contributed by atoms with Gasteiger partial charge in [-0.3, -0.25) is 4.79 Å². The lowest BCUT2D eigenvalue weighted by atomic mass is 9.92. The lowest BCUT2D eigenvalue weighted by Crippen LogP contribution is -2.40. The summed E-state index contributed by atoms with van der Waals surface area (Å²) < 4.78 is 45.0. The van der Waals surface area contributed by atoms with Crippen molar-refractivity contribution < 1.29 is 22.7 Å². The number of piperidine rings is 1.